The maximum atomic E-state index is 12.3. The number of pyridine rings is 1. The predicted molar refractivity (Wildman–Crippen MR) is 129 cm³/mol. The molecule has 1 heterocycles. The molecule has 6 heteroatoms. The zero-order valence-corrected chi connectivity index (χ0v) is 17.8. The van der Waals surface area contributed by atoms with Gasteiger partial charge in [-0.15, -0.1) is 0 Å². The number of aryl methyl sites for hydroxylation is 1. The van der Waals surface area contributed by atoms with Crippen LogP contribution in [-0.4, -0.2) is 18.1 Å². The lowest BCUT2D eigenvalue weighted by atomic mass is 10.1. The molecule has 1 aliphatic rings. The zero-order chi connectivity index (χ0) is 21.9. The maximum Gasteiger partial charge on any atom is 0.323 e. The SMILES string of the molecule is COc1ccc(NC(=O)Nc2ccc3nc(NC4CCc5ccccc54)ccc3c2)cc1. The highest BCUT2D eigenvalue weighted by Crippen LogP contribution is 2.33. The largest absolute Gasteiger partial charge is 0.497 e. The van der Waals surface area contributed by atoms with Gasteiger partial charge < -0.3 is 20.7 Å². The second kappa shape index (κ2) is 8.59. The Morgan fingerprint density at radius 2 is 1.72 bits per heavy atom. The quantitative estimate of drug-likeness (QED) is 0.368. The van der Waals surface area contributed by atoms with E-state index in [1.165, 1.54) is 11.1 Å². The van der Waals surface area contributed by atoms with Crippen LogP contribution in [0.4, 0.5) is 22.0 Å². The van der Waals surface area contributed by atoms with Crippen molar-refractivity contribution >= 4 is 34.1 Å². The number of aromatic nitrogens is 1. The first kappa shape index (κ1) is 19.9. The van der Waals surface area contributed by atoms with Crippen LogP contribution in [0.1, 0.15) is 23.6 Å². The third kappa shape index (κ3) is 4.21. The minimum Gasteiger partial charge on any atom is -0.497 e. The molecule has 5 rings (SSSR count). The Kier molecular flexibility index (Phi) is 5.34. The average molecular weight is 425 g/mol. The van der Waals surface area contributed by atoms with Gasteiger partial charge in [-0.3, -0.25) is 0 Å². The van der Waals surface area contributed by atoms with E-state index < -0.39 is 0 Å². The van der Waals surface area contributed by atoms with Crippen molar-refractivity contribution in [2.45, 2.75) is 18.9 Å². The highest BCUT2D eigenvalue weighted by molar-refractivity contribution is 6.01. The molecule has 3 aromatic carbocycles. The number of fused-ring (bicyclic) bond motifs is 2. The number of hydrogen-bond donors (Lipinski definition) is 3. The number of benzene rings is 3. The summed E-state index contributed by atoms with van der Waals surface area (Å²) < 4.78 is 5.13. The van der Waals surface area contributed by atoms with Crippen LogP contribution in [0.5, 0.6) is 5.75 Å². The molecule has 1 aromatic heterocycles. The Morgan fingerprint density at radius 3 is 2.56 bits per heavy atom. The average Bonchev–Trinajstić information content (AvgIpc) is 3.22. The van der Waals surface area contributed by atoms with Gasteiger partial charge in [0.25, 0.3) is 0 Å². The summed E-state index contributed by atoms with van der Waals surface area (Å²) in [7, 11) is 1.61. The number of amides is 2. The molecule has 0 radical (unpaired) electrons. The lowest BCUT2D eigenvalue weighted by Gasteiger charge is -2.15. The number of ether oxygens (including phenoxy) is 1. The van der Waals surface area contributed by atoms with E-state index in [0.717, 1.165) is 35.3 Å². The van der Waals surface area contributed by atoms with Gasteiger partial charge in [-0.1, -0.05) is 24.3 Å². The van der Waals surface area contributed by atoms with Crippen molar-refractivity contribution in [1.29, 1.82) is 0 Å². The van der Waals surface area contributed by atoms with E-state index in [2.05, 4.69) is 40.2 Å². The zero-order valence-electron chi connectivity index (χ0n) is 17.8. The number of carbonyl (C=O) groups excluding carboxylic acids is 1. The first-order valence-electron chi connectivity index (χ1n) is 10.7. The summed E-state index contributed by atoms with van der Waals surface area (Å²) in [6.07, 6.45) is 2.17. The van der Waals surface area contributed by atoms with E-state index in [0.29, 0.717) is 17.4 Å². The Balaban J connectivity index is 1.26. The number of rotatable bonds is 5. The second-order valence-corrected chi connectivity index (χ2v) is 7.85. The van der Waals surface area contributed by atoms with Gasteiger partial charge in [0.15, 0.2) is 0 Å². The lowest BCUT2D eigenvalue weighted by molar-refractivity contribution is 0.262. The monoisotopic (exact) mass is 424 g/mol. The van der Waals surface area contributed by atoms with Crippen LogP contribution < -0.4 is 20.7 Å². The third-order valence-electron chi connectivity index (χ3n) is 5.75. The topological polar surface area (TPSA) is 75.3 Å². The van der Waals surface area contributed by atoms with Gasteiger partial charge in [0.1, 0.15) is 11.6 Å². The van der Waals surface area contributed by atoms with Crippen molar-refractivity contribution in [1.82, 2.24) is 4.98 Å². The van der Waals surface area contributed by atoms with E-state index in [1.807, 2.05) is 30.3 Å². The van der Waals surface area contributed by atoms with Crippen LogP contribution in [0.2, 0.25) is 0 Å². The van der Waals surface area contributed by atoms with Crippen LogP contribution in [0.25, 0.3) is 10.9 Å². The predicted octanol–water partition coefficient (Wildman–Crippen LogP) is 5.99. The number of nitrogens with one attached hydrogen (secondary N) is 3. The number of hydrogen-bond acceptors (Lipinski definition) is 4. The maximum absolute atomic E-state index is 12.3. The molecule has 2 amide bonds. The summed E-state index contributed by atoms with van der Waals surface area (Å²) >= 11 is 0. The Hall–Kier alpha value is -4.06. The van der Waals surface area contributed by atoms with Crippen molar-refractivity contribution in [2.75, 3.05) is 23.1 Å². The fraction of sp³-hybridized carbons (Fsp3) is 0.154. The van der Waals surface area contributed by atoms with E-state index in [9.17, 15) is 4.79 Å². The highest BCUT2D eigenvalue weighted by Gasteiger charge is 2.21. The summed E-state index contributed by atoms with van der Waals surface area (Å²) in [4.78, 5) is 17.1. The molecule has 3 N–H and O–H groups in total. The van der Waals surface area contributed by atoms with Gasteiger partial charge in [0, 0.05) is 16.8 Å². The van der Waals surface area contributed by atoms with E-state index >= 15 is 0 Å². The number of urea groups is 1. The summed E-state index contributed by atoms with van der Waals surface area (Å²) in [6.45, 7) is 0. The molecule has 0 saturated carbocycles. The first-order valence-corrected chi connectivity index (χ1v) is 10.7. The van der Waals surface area contributed by atoms with Crippen LogP contribution in [0.3, 0.4) is 0 Å². The Bertz CT molecular complexity index is 1270. The van der Waals surface area contributed by atoms with Crippen molar-refractivity contribution in [3.05, 3.63) is 90.0 Å². The smallest absolute Gasteiger partial charge is 0.323 e. The molecule has 6 nitrogen and oxygen atoms in total. The molecule has 0 bridgehead atoms. The normalized spacial score (nSPS) is 14.6. The van der Waals surface area contributed by atoms with Crippen molar-refractivity contribution in [2.24, 2.45) is 0 Å². The van der Waals surface area contributed by atoms with Crippen LogP contribution in [0, 0.1) is 0 Å². The summed E-state index contributed by atoms with van der Waals surface area (Å²) in [5, 5.41) is 10.2. The van der Waals surface area contributed by atoms with Crippen molar-refractivity contribution < 1.29 is 9.53 Å². The van der Waals surface area contributed by atoms with E-state index in [1.54, 1.807) is 31.4 Å². The van der Waals surface area contributed by atoms with Crippen LogP contribution in [-0.2, 0) is 6.42 Å². The second-order valence-electron chi connectivity index (χ2n) is 7.85. The molecule has 32 heavy (non-hydrogen) atoms. The molecule has 1 unspecified atom stereocenters. The number of methoxy groups -OCH3 is 1. The van der Waals surface area contributed by atoms with Gasteiger partial charge in [0.05, 0.1) is 18.7 Å². The molecule has 0 fully saturated rings. The first-order chi connectivity index (χ1) is 15.7. The lowest BCUT2D eigenvalue weighted by Crippen LogP contribution is -2.19. The molecule has 0 spiro atoms. The van der Waals surface area contributed by atoms with Crippen molar-refractivity contribution in [3.8, 4) is 5.75 Å². The number of anilines is 3. The fourth-order valence-electron chi connectivity index (χ4n) is 4.14. The van der Waals surface area contributed by atoms with E-state index in [-0.39, 0.29) is 6.03 Å². The third-order valence-corrected chi connectivity index (χ3v) is 5.75. The van der Waals surface area contributed by atoms with Crippen LogP contribution in [0.15, 0.2) is 78.9 Å². The molecule has 160 valence electrons. The number of carbonyl (C=O) groups is 1. The molecule has 0 saturated heterocycles. The minimum atomic E-state index is -0.305. The van der Waals surface area contributed by atoms with Crippen molar-refractivity contribution in [3.63, 3.8) is 0 Å². The molecule has 1 aliphatic carbocycles. The minimum absolute atomic E-state index is 0.291. The van der Waals surface area contributed by atoms with Gasteiger partial charge in [-0.25, -0.2) is 9.78 Å². The van der Waals surface area contributed by atoms with Crippen LogP contribution >= 0.6 is 0 Å². The standard InChI is InChI=1S/C26H24N4O2/c1-32-21-11-8-19(9-12-21)27-26(31)28-20-10-14-23-18(16-20)7-15-25(29-23)30-24-13-6-17-4-2-3-5-22(17)24/h2-5,7-12,14-16,24H,6,13H2,1H3,(H,29,30)(H2,27,28,31). The fourth-order valence-corrected chi connectivity index (χ4v) is 4.14. The van der Waals surface area contributed by atoms with Gasteiger partial charge in [-0.05, 0) is 78.6 Å². The van der Waals surface area contributed by atoms with Gasteiger partial charge in [0.2, 0.25) is 0 Å². The molecular formula is C26H24N4O2. The number of nitrogens with zero attached hydrogens (tertiary/aromatic N) is 1. The summed E-state index contributed by atoms with van der Waals surface area (Å²) in [5.41, 5.74) is 5.04. The summed E-state index contributed by atoms with van der Waals surface area (Å²) in [6, 6.07) is 25.5. The molecule has 0 aliphatic heterocycles. The molecule has 1 atom stereocenters. The van der Waals surface area contributed by atoms with Gasteiger partial charge in [-0.2, -0.15) is 0 Å². The van der Waals surface area contributed by atoms with E-state index in [4.69, 9.17) is 9.72 Å². The Morgan fingerprint density at radius 1 is 0.938 bits per heavy atom. The Labute approximate surface area is 186 Å². The summed E-state index contributed by atoms with van der Waals surface area (Å²) in [5.74, 6) is 1.60. The molecule has 4 aromatic rings. The highest BCUT2D eigenvalue weighted by atomic mass is 16.5. The molecular weight excluding hydrogens is 400 g/mol. The van der Waals surface area contributed by atoms with Gasteiger partial charge >= 0.3 is 6.03 Å².